The van der Waals surface area contributed by atoms with E-state index in [0.29, 0.717) is 15.4 Å². The van der Waals surface area contributed by atoms with Gasteiger partial charge in [0.1, 0.15) is 11.9 Å². The molecule has 4 rings (SSSR count). The summed E-state index contributed by atoms with van der Waals surface area (Å²) in [4.78, 5) is 17.3. The molecule has 6 heteroatoms. The molecular weight excluding hydrogens is 407 g/mol. The van der Waals surface area contributed by atoms with Crippen LogP contribution in [-0.2, 0) is 6.54 Å². The molecule has 1 aliphatic rings. The number of ether oxygens (including phenoxy) is 1. The predicted molar refractivity (Wildman–Crippen MR) is 119 cm³/mol. The highest BCUT2D eigenvalue weighted by molar-refractivity contribution is 6.34. The Balaban J connectivity index is 1.42. The zero-order valence-corrected chi connectivity index (χ0v) is 18.1. The van der Waals surface area contributed by atoms with E-state index in [9.17, 15) is 4.79 Å². The summed E-state index contributed by atoms with van der Waals surface area (Å²) in [5.41, 5.74) is 3.10. The Bertz CT molecular complexity index is 1080. The van der Waals surface area contributed by atoms with Gasteiger partial charge in [-0.2, -0.15) is 0 Å². The van der Waals surface area contributed by atoms with Crippen LogP contribution in [0.5, 0.6) is 5.75 Å². The van der Waals surface area contributed by atoms with E-state index in [1.54, 1.807) is 12.3 Å². The van der Waals surface area contributed by atoms with Crippen LogP contribution in [0.4, 0.5) is 0 Å². The maximum absolute atomic E-state index is 12.1. The Hall–Kier alpha value is -2.01. The molecule has 152 valence electrons. The van der Waals surface area contributed by atoms with Crippen molar-refractivity contribution in [3.63, 3.8) is 0 Å². The van der Waals surface area contributed by atoms with Gasteiger partial charge in [-0.15, -0.1) is 0 Å². The maximum atomic E-state index is 12.1. The number of likely N-dealkylation sites (tertiary alicyclic amines) is 1. The van der Waals surface area contributed by atoms with Gasteiger partial charge in [0, 0.05) is 41.3 Å². The molecule has 1 aromatic heterocycles. The van der Waals surface area contributed by atoms with Crippen molar-refractivity contribution >= 4 is 34.0 Å². The predicted octanol–water partition coefficient (Wildman–Crippen LogP) is 5.50. The number of nitrogens with one attached hydrogen (secondary N) is 1. The fraction of sp³-hybridized carbons (Fsp3) is 0.348. The molecule has 0 radical (unpaired) electrons. The number of piperidine rings is 1. The van der Waals surface area contributed by atoms with E-state index >= 15 is 0 Å². The summed E-state index contributed by atoms with van der Waals surface area (Å²) in [7, 11) is 0. The largest absolute Gasteiger partial charge is 0.490 e. The number of hydrogen-bond acceptors (Lipinski definition) is 3. The number of benzene rings is 2. The molecule has 0 saturated carbocycles. The first-order valence-corrected chi connectivity index (χ1v) is 10.6. The molecule has 1 N–H and O–H groups in total. The van der Waals surface area contributed by atoms with Crippen LogP contribution in [0.1, 0.15) is 29.5 Å². The van der Waals surface area contributed by atoms with E-state index in [0.717, 1.165) is 60.3 Å². The van der Waals surface area contributed by atoms with Crippen LogP contribution in [0, 0.1) is 13.8 Å². The van der Waals surface area contributed by atoms with Crippen molar-refractivity contribution in [1.82, 2.24) is 9.88 Å². The Morgan fingerprint density at radius 2 is 1.69 bits per heavy atom. The third kappa shape index (κ3) is 4.61. The van der Waals surface area contributed by atoms with E-state index < -0.39 is 0 Å². The Labute approximate surface area is 180 Å². The second-order valence-electron chi connectivity index (χ2n) is 7.84. The fourth-order valence-electron chi connectivity index (χ4n) is 3.98. The van der Waals surface area contributed by atoms with Gasteiger partial charge < -0.3 is 9.72 Å². The number of nitrogens with zero attached hydrogens (tertiary/aromatic N) is 1. The molecule has 0 amide bonds. The number of hydrogen-bond donors (Lipinski definition) is 1. The lowest BCUT2D eigenvalue weighted by molar-refractivity contribution is 0.0964. The van der Waals surface area contributed by atoms with Gasteiger partial charge in [0.25, 0.3) is 5.56 Å². The summed E-state index contributed by atoms with van der Waals surface area (Å²) in [6.07, 6.45) is 3.85. The topological polar surface area (TPSA) is 45.3 Å². The van der Waals surface area contributed by atoms with Crippen molar-refractivity contribution in [2.75, 3.05) is 13.1 Å². The number of halogens is 2. The molecular formula is C23H24Cl2N2O2. The lowest BCUT2D eigenvalue weighted by Gasteiger charge is -2.32. The van der Waals surface area contributed by atoms with Crippen LogP contribution in [0.3, 0.4) is 0 Å². The highest BCUT2D eigenvalue weighted by atomic mass is 35.5. The average Bonchev–Trinajstić information content (AvgIpc) is 2.67. The molecule has 0 bridgehead atoms. The summed E-state index contributed by atoms with van der Waals surface area (Å²) in [5.74, 6) is 0.867. The Morgan fingerprint density at radius 3 is 2.38 bits per heavy atom. The minimum atomic E-state index is -0.0605. The number of aryl methyl sites for hydroxylation is 2. The highest BCUT2D eigenvalue weighted by Crippen LogP contribution is 2.29. The van der Waals surface area contributed by atoms with Crippen LogP contribution < -0.4 is 10.3 Å². The van der Waals surface area contributed by atoms with E-state index in [4.69, 9.17) is 27.9 Å². The lowest BCUT2D eigenvalue weighted by atomic mass is 10.0. The quantitative estimate of drug-likeness (QED) is 0.594. The molecule has 0 atom stereocenters. The molecule has 4 nitrogen and oxygen atoms in total. The average molecular weight is 431 g/mol. The second-order valence-corrected chi connectivity index (χ2v) is 8.71. The first-order valence-electron chi connectivity index (χ1n) is 9.85. The van der Waals surface area contributed by atoms with Crippen LogP contribution in [0.25, 0.3) is 10.8 Å². The minimum absolute atomic E-state index is 0.0605. The summed E-state index contributed by atoms with van der Waals surface area (Å²) >= 11 is 12.2. The number of rotatable bonds is 4. The molecule has 1 saturated heterocycles. The summed E-state index contributed by atoms with van der Waals surface area (Å²) in [6, 6.07) is 9.63. The van der Waals surface area contributed by atoms with Crippen molar-refractivity contribution < 1.29 is 4.74 Å². The smallest absolute Gasteiger partial charge is 0.255 e. The number of H-pyrrole nitrogens is 1. The van der Waals surface area contributed by atoms with Gasteiger partial charge >= 0.3 is 0 Å². The number of fused-ring (bicyclic) bond motifs is 1. The van der Waals surface area contributed by atoms with E-state index in [-0.39, 0.29) is 11.7 Å². The molecule has 1 aliphatic heterocycles. The molecule has 3 aromatic rings. The molecule has 0 spiro atoms. The molecule has 0 unspecified atom stereocenters. The normalized spacial score (nSPS) is 15.7. The molecule has 0 aliphatic carbocycles. The van der Waals surface area contributed by atoms with Gasteiger partial charge in [-0.3, -0.25) is 9.69 Å². The maximum Gasteiger partial charge on any atom is 0.255 e. The summed E-state index contributed by atoms with van der Waals surface area (Å²) in [5, 5.41) is 3.01. The SMILES string of the molecule is Cc1cc2c(=O)[nH]cc(C)c2cc1OC1CCN(Cc2cc(Cl)cc(Cl)c2)CC1. The van der Waals surface area contributed by atoms with E-state index in [1.165, 1.54) is 0 Å². The van der Waals surface area contributed by atoms with Crippen molar-refractivity contribution in [3.05, 3.63) is 73.6 Å². The molecule has 2 aromatic carbocycles. The van der Waals surface area contributed by atoms with Crippen LogP contribution >= 0.6 is 23.2 Å². The van der Waals surface area contributed by atoms with Crippen molar-refractivity contribution in [1.29, 1.82) is 0 Å². The van der Waals surface area contributed by atoms with Crippen LogP contribution in [0.15, 0.2) is 41.3 Å². The van der Waals surface area contributed by atoms with E-state index in [2.05, 4.69) is 9.88 Å². The first-order chi connectivity index (χ1) is 13.9. The minimum Gasteiger partial charge on any atom is -0.490 e. The summed E-state index contributed by atoms with van der Waals surface area (Å²) in [6.45, 7) is 6.75. The zero-order chi connectivity index (χ0) is 20.5. The number of pyridine rings is 1. The standard InChI is InChI=1S/C23H24Cl2N2O2/c1-14-7-21-20(15(2)12-26-23(21)28)11-22(14)29-19-3-5-27(6-4-19)13-16-8-17(24)10-18(25)9-16/h7-12,19H,3-6,13H2,1-2H3,(H,26,28). The van der Waals surface area contributed by atoms with Crippen molar-refractivity contribution in [2.24, 2.45) is 0 Å². The third-order valence-electron chi connectivity index (χ3n) is 5.56. The zero-order valence-electron chi connectivity index (χ0n) is 16.6. The lowest BCUT2D eigenvalue weighted by Crippen LogP contribution is -2.37. The highest BCUT2D eigenvalue weighted by Gasteiger charge is 2.22. The molecule has 29 heavy (non-hydrogen) atoms. The molecule has 1 fully saturated rings. The van der Waals surface area contributed by atoms with Gasteiger partial charge in [-0.05, 0) is 79.1 Å². The molecule has 2 heterocycles. The van der Waals surface area contributed by atoms with Crippen molar-refractivity contribution in [2.45, 2.75) is 39.3 Å². The van der Waals surface area contributed by atoms with Crippen molar-refractivity contribution in [3.8, 4) is 5.75 Å². The van der Waals surface area contributed by atoms with Gasteiger partial charge in [0.15, 0.2) is 0 Å². The van der Waals surface area contributed by atoms with Crippen LogP contribution in [-0.4, -0.2) is 29.1 Å². The third-order valence-corrected chi connectivity index (χ3v) is 6.00. The Morgan fingerprint density at radius 1 is 1.00 bits per heavy atom. The monoisotopic (exact) mass is 430 g/mol. The van der Waals surface area contributed by atoms with Gasteiger partial charge in [-0.25, -0.2) is 0 Å². The Kier molecular flexibility index (Phi) is 5.86. The van der Waals surface area contributed by atoms with Gasteiger partial charge in [-0.1, -0.05) is 23.2 Å². The van der Waals surface area contributed by atoms with Gasteiger partial charge in [0.2, 0.25) is 0 Å². The number of aromatic amines is 1. The van der Waals surface area contributed by atoms with E-state index in [1.807, 2.05) is 38.1 Å². The summed E-state index contributed by atoms with van der Waals surface area (Å²) < 4.78 is 6.34. The second kappa shape index (κ2) is 8.39. The van der Waals surface area contributed by atoms with Gasteiger partial charge in [0.05, 0.1) is 0 Å². The first kappa shape index (κ1) is 20.3. The van der Waals surface area contributed by atoms with Crippen LogP contribution in [0.2, 0.25) is 10.0 Å². The number of aromatic nitrogens is 1. The fourth-order valence-corrected chi connectivity index (χ4v) is 4.55.